The standard InChI is InChI=1S/C20H24F3NO3/c1-13-4-3-5-17(14(13)2)24-18(25)12-27-19(26)11-8-15-6-9-16(10-7-15)20(21,22)23/h6-11,13-14,17H,3-5,12H2,1-2H3,(H,24,25)/b11-8+/t13-,14+,17+/m1/s1. The van der Waals surface area contributed by atoms with Crippen LogP contribution >= 0.6 is 0 Å². The van der Waals surface area contributed by atoms with Gasteiger partial charge in [-0.2, -0.15) is 13.2 Å². The van der Waals surface area contributed by atoms with Gasteiger partial charge in [0.2, 0.25) is 0 Å². The number of carbonyl (C=O) groups is 2. The molecule has 0 heterocycles. The summed E-state index contributed by atoms with van der Waals surface area (Å²) < 4.78 is 42.4. The van der Waals surface area contributed by atoms with Gasteiger partial charge in [0.1, 0.15) is 0 Å². The third kappa shape index (κ3) is 6.41. The Balaban J connectivity index is 1.78. The van der Waals surface area contributed by atoms with E-state index in [-0.39, 0.29) is 18.6 Å². The first kappa shape index (κ1) is 21.0. The lowest BCUT2D eigenvalue weighted by Crippen LogP contribution is -2.45. The topological polar surface area (TPSA) is 55.4 Å². The Morgan fingerprint density at radius 1 is 1.19 bits per heavy atom. The van der Waals surface area contributed by atoms with Gasteiger partial charge in [-0.3, -0.25) is 4.79 Å². The summed E-state index contributed by atoms with van der Waals surface area (Å²) in [5.41, 5.74) is -0.334. The summed E-state index contributed by atoms with van der Waals surface area (Å²) in [7, 11) is 0. The van der Waals surface area contributed by atoms with Gasteiger partial charge in [-0.1, -0.05) is 38.8 Å². The van der Waals surface area contributed by atoms with Gasteiger partial charge in [0.05, 0.1) is 5.56 Å². The average Bonchev–Trinajstić information content (AvgIpc) is 2.61. The molecule has 0 saturated heterocycles. The molecule has 1 aromatic carbocycles. The van der Waals surface area contributed by atoms with Gasteiger partial charge in [0, 0.05) is 12.1 Å². The van der Waals surface area contributed by atoms with Gasteiger partial charge < -0.3 is 10.1 Å². The Morgan fingerprint density at radius 3 is 2.48 bits per heavy atom. The van der Waals surface area contributed by atoms with E-state index in [9.17, 15) is 22.8 Å². The van der Waals surface area contributed by atoms with Crippen LogP contribution in [0.1, 0.15) is 44.2 Å². The first-order valence-corrected chi connectivity index (χ1v) is 8.98. The van der Waals surface area contributed by atoms with Crippen molar-refractivity contribution in [2.45, 2.75) is 45.3 Å². The number of hydrogen-bond acceptors (Lipinski definition) is 3. The number of nitrogens with one attached hydrogen (secondary N) is 1. The van der Waals surface area contributed by atoms with Crippen molar-refractivity contribution < 1.29 is 27.5 Å². The van der Waals surface area contributed by atoms with Crippen molar-refractivity contribution in [3.63, 3.8) is 0 Å². The molecule has 1 saturated carbocycles. The Hall–Kier alpha value is -2.31. The van der Waals surface area contributed by atoms with Crippen molar-refractivity contribution in [3.8, 4) is 0 Å². The maximum Gasteiger partial charge on any atom is 0.416 e. The minimum atomic E-state index is -4.40. The Bertz CT molecular complexity index is 683. The van der Waals surface area contributed by atoms with Gasteiger partial charge in [0.25, 0.3) is 5.91 Å². The summed E-state index contributed by atoms with van der Waals surface area (Å²) in [5.74, 6) is -0.163. The van der Waals surface area contributed by atoms with Crippen LogP contribution in [0.4, 0.5) is 13.2 Å². The number of esters is 1. The molecule has 4 nitrogen and oxygen atoms in total. The number of hydrogen-bond donors (Lipinski definition) is 1. The molecule has 3 atom stereocenters. The monoisotopic (exact) mass is 383 g/mol. The molecule has 1 amide bonds. The number of ether oxygens (including phenoxy) is 1. The van der Waals surface area contributed by atoms with Gasteiger partial charge in [0.15, 0.2) is 6.61 Å². The highest BCUT2D eigenvalue weighted by atomic mass is 19.4. The zero-order chi connectivity index (χ0) is 20.0. The predicted octanol–water partition coefficient (Wildman–Crippen LogP) is 4.20. The molecular weight excluding hydrogens is 359 g/mol. The minimum Gasteiger partial charge on any atom is -0.452 e. The molecule has 1 aliphatic carbocycles. The molecule has 148 valence electrons. The molecule has 0 radical (unpaired) electrons. The Morgan fingerprint density at radius 2 is 1.85 bits per heavy atom. The van der Waals surface area contributed by atoms with E-state index in [4.69, 9.17) is 4.74 Å². The van der Waals surface area contributed by atoms with Crippen LogP contribution in [-0.4, -0.2) is 24.5 Å². The highest BCUT2D eigenvalue weighted by Crippen LogP contribution is 2.30. The smallest absolute Gasteiger partial charge is 0.416 e. The molecule has 0 unspecified atom stereocenters. The molecule has 0 spiro atoms. The lowest BCUT2D eigenvalue weighted by molar-refractivity contribution is -0.144. The van der Waals surface area contributed by atoms with E-state index in [0.717, 1.165) is 37.5 Å². The van der Waals surface area contributed by atoms with Crippen LogP contribution in [-0.2, 0) is 20.5 Å². The SMILES string of the molecule is C[C@H]1[C@H](C)CCC[C@@H]1NC(=O)COC(=O)/C=C/c1ccc(C(F)(F)F)cc1. The van der Waals surface area contributed by atoms with E-state index in [1.54, 1.807) is 0 Å². The lowest BCUT2D eigenvalue weighted by Gasteiger charge is -2.34. The summed E-state index contributed by atoms with van der Waals surface area (Å²) in [6.07, 6.45) is 1.15. The van der Waals surface area contributed by atoms with Crippen molar-refractivity contribution >= 4 is 18.0 Å². The van der Waals surface area contributed by atoms with Crippen molar-refractivity contribution in [3.05, 3.63) is 41.5 Å². The average molecular weight is 383 g/mol. The Labute approximate surface area is 156 Å². The number of alkyl halides is 3. The predicted molar refractivity (Wildman–Crippen MR) is 95.5 cm³/mol. The molecule has 1 N–H and O–H groups in total. The largest absolute Gasteiger partial charge is 0.452 e. The van der Waals surface area contributed by atoms with Crippen LogP contribution < -0.4 is 5.32 Å². The molecular formula is C20H24F3NO3. The fourth-order valence-corrected chi connectivity index (χ4v) is 3.17. The zero-order valence-corrected chi connectivity index (χ0v) is 15.4. The van der Waals surface area contributed by atoms with E-state index in [1.807, 2.05) is 0 Å². The second-order valence-electron chi connectivity index (χ2n) is 7.00. The first-order valence-electron chi connectivity index (χ1n) is 8.98. The summed E-state index contributed by atoms with van der Waals surface area (Å²) in [6.45, 7) is 3.89. The van der Waals surface area contributed by atoms with Crippen LogP contribution in [0.15, 0.2) is 30.3 Å². The van der Waals surface area contributed by atoms with Crippen molar-refractivity contribution in [1.29, 1.82) is 0 Å². The maximum absolute atomic E-state index is 12.5. The number of halogens is 3. The third-order valence-corrected chi connectivity index (χ3v) is 5.05. The van der Waals surface area contributed by atoms with E-state index in [1.165, 1.54) is 18.2 Å². The number of rotatable bonds is 5. The maximum atomic E-state index is 12.5. The van der Waals surface area contributed by atoms with Gasteiger partial charge >= 0.3 is 12.1 Å². The van der Waals surface area contributed by atoms with E-state index in [2.05, 4.69) is 19.2 Å². The summed E-state index contributed by atoms with van der Waals surface area (Å²) in [6, 6.07) is 4.47. The van der Waals surface area contributed by atoms with Gasteiger partial charge in [-0.05, 0) is 42.0 Å². The zero-order valence-electron chi connectivity index (χ0n) is 15.4. The molecule has 1 aromatic rings. The number of benzene rings is 1. The molecule has 0 aliphatic heterocycles. The molecule has 2 rings (SSSR count). The highest BCUT2D eigenvalue weighted by molar-refractivity contribution is 5.89. The van der Waals surface area contributed by atoms with E-state index >= 15 is 0 Å². The second kappa shape index (κ2) is 9.06. The number of amides is 1. The minimum absolute atomic E-state index is 0.0858. The van der Waals surface area contributed by atoms with Crippen LogP contribution in [0.3, 0.4) is 0 Å². The third-order valence-electron chi connectivity index (χ3n) is 5.05. The van der Waals surface area contributed by atoms with Crippen molar-refractivity contribution in [1.82, 2.24) is 5.32 Å². The normalized spacial score (nSPS) is 23.2. The summed E-state index contributed by atoms with van der Waals surface area (Å²) in [4.78, 5) is 23.6. The first-order chi connectivity index (χ1) is 12.7. The molecule has 27 heavy (non-hydrogen) atoms. The number of carbonyl (C=O) groups excluding carboxylic acids is 2. The highest BCUT2D eigenvalue weighted by Gasteiger charge is 2.30. The summed E-state index contributed by atoms with van der Waals surface area (Å²) >= 11 is 0. The van der Waals surface area contributed by atoms with E-state index < -0.39 is 17.7 Å². The Kier molecular flexibility index (Phi) is 7.05. The molecule has 1 aliphatic rings. The van der Waals surface area contributed by atoms with Crippen LogP contribution in [0.5, 0.6) is 0 Å². The second-order valence-corrected chi connectivity index (χ2v) is 7.00. The molecule has 7 heteroatoms. The molecule has 0 bridgehead atoms. The fraction of sp³-hybridized carbons (Fsp3) is 0.500. The van der Waals surface area contributed by atoms with Gasteiger partial charge in [-0.15, -0.1) is 0 Å². The quantitative estimate of drug-likeness (QED) is 0.612. The molecule has 0 aromatic heterocycles. The lowest BCUT2D eigenvalue weighted by atomic mass is 9.78. The van der Waals surface area contributed by atoms with E-state index in [0.29, 0.717) is 17.4 Å². The van der Waals surface area contributed by atoms with Crippen LogP contribution in [0.2, 0.25) is 0 Å². The van der Waals surface area contributed by atoms with Crippen molar-refractivity contribution in [2.24, 2.45) is 11.8 Å². The van der Waals surface area contributed by atoms with Crippen LogP contribution in [0, 0.1) is 11.8 Å². The van der Waals surface area contributed by atoms with Crippen molar-refractivity contribution in [2.75, 3.05) is 6.61 Å². The molecule has 1 fully saturated rings. The van der Waals surface area contributed by atoms with Gasteiger partial charge in [-0.25, -0.2) is 4.79 Å². The summed E-state index contributed by atoms with van der Waals surface area (Å²) in [5, 5.41) is 2.90. The van der Waals surface area contributed by atoms with Crippen LogP contribution in [0.25, 0.3) is 6.08 Å². The fourth-order valence-electron chi connectivity index (χ4n) is 3.17.